The average Bonchev–Trinajstić information content (AvgIpc) is 3.26. The molecule has 23 heavy (non-hydrogen) atoms. The monoisotopic (exact) mass is 312 g/mol. The van der Waals surface area contributed by atoms with Gasteiger partial charge in [-0.1, -0.05) is 37.3 Å². The van der Waals surface area contributed by atoms with Crippen molar-refractivity contribution in [1.82, 2.24) is 10.2 Å². The van der Waals surface area contributed by atoms with Gasteiger partial charge in [0.05, 0.1) is 12.2 Å². The summed E-state index contributed by atoms with van der Waals surface area (Å²) in [7, 11) is 0. The molecular weight excluding hydrogens is 296 g/mol. The van der Waals surface area contributed by atoms with Crippen molar-refractivity contribution in [2.75, 3.05) is 0 Å². The van der Waals surface area contributed by atoms with E-state index in [-0.39, 0.29) is 30.3 Å². The molecule has 6 nitrogen and oxygen atoms in total. The minimum Gasteiger partial charge on any atom is -0.459 e. The summed E-state index contributed by atoms with van der Waals surface area (Å²) in [5.41, 5.74) is 0.932. The first kappa shape index (κ1) is 15.0. The van der Waals surface area contributed by atoms with E-state index in [0.717, 1.165) is 5.56 Å². The first-order chi connectivity index (χ1) is 11.3. The summed E-state index contributed by atoms with van der Waals surface area (Å²) in [6, 6.07) is 13.0. The van der Waals surface area contributed by atoms with E-state index in [1.807, 2.05) is 37.3 Å². The summed E-state index contributed by atoms with van der Waals surface area (Å²) in [5.74, 6) is 0.356. The van der Waals surface area contributed by atoms with Crippen LogP contribution in [-0.2, 0) is 16.1 Å². The van der Waals surface area contributed by atoms with Gasteiger partial charge < -0.3 is 13.6 Å². The largest absolute Gasteiger partial charge is 0.459 e. The molecule has 2 aromatic heterocycles. The van der Waals surface area contributed by atoms with E-state index in [1.54, 1.807) is 12.1 Å². The third kappa shape index (κ3) is 3.48. The maximum Gasteiger partial charge on any atom is 0.313 e. The van der Waals surface area contributed by atoms with Gasteiger partial charge in [0, 0.05) is 0 Å². The molecule has 118 valence electrons. The highest BCUT2D eigenvalue weighted by atomic mass is 16.5. The molecule has 0 N–H and O–H groups in total. The Morgan fingerprint density at radius 3 is 2.70 bits per heavy atom. The number of rotatable bonds is 6. The highest BCUT2D eigenvalue weighted by molar-refractivity contribution is 5.78. The molecule has 0 radical (unpaired) electrons. The van der Waals surface area contributed by atoms with Crippen molar-refractivity contribution in [3.8, 4) is 11.7 Å². The van der Waals surface area contributed by atoms with Crippen LogP contribution in [-0.4, -0.2) is 16.2 Å². The van der Waals surface area contributed by atoms with Crippen molar-refractivity contribution in [1.29, 1.82) is 0 Å². The van der Waals surface area contributed by atoms with E-state index in [2.05, 4.69) is 10.2 Å². The molecule has 3 rings (SSSR count). The van der Waals surface area contributed by atoms with Crippen molar-refractivity contribution in [3.63, 3.8) is 0 Å². The predicted octanol–water partition coefficient (Wildman–Crippen LogP) is 3.57. The number of nitrogens with zero attached hydrogens (tertiary/aromatic N) is 2. The highest BCUT2D eigenvalue weighted by Gasteiger charge is 2.21. The minimum atomic E-state index is -0.309. The van der Waals surface area contributed by atoms with Crippen molar-refractivity contribution in [2.24, 2.45) is 0 Å². The molecule has 0 aliphatic carbocycles. The summed E-state index contributed by atoms with van der Waals surface area (Å²) < 4.78 is 15.9. The van der Waals surface area contributed by atoms with Crippen LogP contribution in [0.4, 0.5) is 0 Å². The van der Waals surface area contributed by atoms with Gasteiger partial charge in [0.1, 0.15) is 0 Å². The Morgan fingerprint density at radius 2 is 2.00 bits per heavy atom. The second kappa shape index (κ2) is 6.91. The van der Waals surface area contributed by atoms with Gasteiger partial charge in [-0.2, -0.15) is 0 Å². The number of esters is 1. The molecule has 3 aromatic rings. The molecule has 0 bridgehead atoms. The molecule has 0 unspecified atom stereocenters. The Morgan fingerprint density at radius 1 is 1.17 bits per heavy atom. The molecule has 0 saturated heterocycles. The zero-order valence-corrected chi connectivity index (χ0v) is 12.6. The van der Waals surface area contributed by atoms with Gasteiger partial charge in [-0.05, 0) is 24.1 Å². The van der Waals surface area contributed by atoms with Gasteiger partial charge in [-0.3, -0.25) is 4.79 Å². The van der Waals surface area contributed by atoms with E-state index < -0.39 is 0 Å². The average molecular weight is 312 g/mol. The fourth-order valence-corrected chi connectivity index (χ4v) is 2.27. The standard InChI is InChI=1S/C17H16N2O4/c1-2-13(12-7-4-3-5-8-12)17(20)22-11-15-18-19-16(23-15)14-9-6-10-21-14/h3-10,13H,2,11H2,1H3/t13-/m0/s1. The zero-order chi connectivity index (χ0) is 16.1. The van der Waals surface area contributed by atoms with Gasteiger partial charge in [-0.25, -0.2) is 0 Å². The maximum atomic E-state index is 12.3. The molecule has 0 aliphatic rings. The number of hydrogen-bond donors (Lipinski definition) is 0. The SMILES string of the molecule is CC[C@H](C(=O)OCc1nnc(-c2ccco2)o1)c1ccccc1. The van der Waals surface area contributed by atoms with E-state index in [1.165, 1.54) is 6.26 Å². The van der Waals surface area contributed by atoms with Crippen molar-refractivity contribution in [2.45, 2.75) is 25.9 Å². The van der Waals surface area contributed by atoms with Crippen LogP contribution < -0.4 is 0 Å². The summed E-state index contributed by atoms with van der Waals surface area (Å²) in [6.07, 6.45) is 2.18. The highest BCUT2D eigenvalue weighted by Crippen LogP contribution is 2.22. The molecule has 1 atom stereocenters. The van der Waals surface area contributed by atoms with E-state index in [0.29, 0.717) is 12.2 Å². The Balaban J connectivity index is 1.62. The molecule has 0 spiro atoms. The summed E-state index contributed by atoms with van der Waals surface area (Å²) in [5, 5.41) is 7.71. The van der Waals surface area contributed by atoms with Gasteiger partial charge in [0.2, 0.25) is 0 Å². The quantitative estimate of drug-likeness (QED) is 0.647. The summed E-state index contributed by atoms with van der Waals surface area (Å²) >= 11 is 0. The molecule has 1 aromatic carbocycles. The third-order valence-corrected chi connectivity index (χ3v) is 3.43. The van der Waals surface area contributed by atoms with Crippen molar-refractivity contribution >= 4 is 5.97 Å². The number of ether oxygens (including phenoxy) is 1. The smallest absolute Gasteiger partial charge is 0.313 e. The first-order valence-electron chi connectivity index (χ1n) is 7.35. The summed E-state index contributed by atoms with van der Waals surface area (Å²) in [4.78, 5) is 12.3. The van der Waals surface area contributed by atoms with Gasteiger partial charge in [0.15, 0.2) is 12.4 Å². The molecule has 0 fully saturated rings. The Labute approximate surface area is 133 Å². The Kier molecular flexibility index (Phi) is 4.52. The van der Waals surface area contributed by atoms with Crippen LogP contribution in [0.3, 0.4) is 0 Å². The van der Waals surface area contributed by atoms with Crippen LogP contribution >= 0.6 is 0 Å². The maximum absolute atomic E-state index is 12.3. The lowest BCUT2D eigenvalue weighted by molar-refractivity contribution is -0.147. The molecule has 0 amide bonds. The van der Waals surface area contributed by atoms with Crippen molar-refractivity contribution < 1.29 is 18.4 Å². The Bertz CT molecular complexity index is 750. The molecular formula is C17H16N2O4. The lowest BCUT2D eigenvalue weighted by Crippen LogP contribution is -2.15. The molecule has 2 heterocycles. The van der Waals surface area contributed by atoms with Crippen LogP contribution in [0.15, 0.2) is 57.6 Å². The normalized spacial score (nSPS) is 12.0. The van der Waals surface area contributed by atoms with Gasteiger partial charge >= 0.3 is 5.97 Å². The van der Waals surface area contributed by atoms with E-state index in [4.69, 9.17) is 13.6 Å². The number of aromatic nitrogens is 2. The van der Waals surface area contributed by atoms with E-state index in [9.17, 15) is 4.79 Å². The Hall–Kier alpha value is -2.89. The first-order valence-corrected chi connectivity index (χ1v) is 7.35. The third-order valence-electron chi connectivity index (χ3n) is 3.43. The summed E-state index contributed by atoms with van der Waals surface area (Å²) in [6.45, 7) is 1.89. The minimum absolute atomic E-state index is 0.0596. The lowest BCUT2D eigenvalue weighted by atomic mass is 9.97. The van der Waals surface area contributed by atoms with Crippen LogP contribution in [0.5, 0.6) is 0 Å². The fourth-order valence-electron chi connectivity index (χ4n) is 2.27. The number of hydrogen-bond acceptors (Lipinski definition) is 6. The van der Waals surface area contributed by atoms with Crippen LogP contribution in [0.1, 0.15) is 30.7 Å². The van der Waals surface area contributed by atoms with Crippen LogP contribution in [0, 0.1) is 0 Å². The second-order valence-corrected chi connectivity index (χ2v) is 4.96. The second-order valence-electron chi connectivity index (χ2n) is 4.96. The number of carbonyl (C=O) groups excluding carboxylic acids is 1. The lowest BCUT2D eigenvalue weighted by Gasteiger charge is -2.13. The van der Waals surface area contributed by atoms with Gasteiger partial charge in [0.25, 0.3) is 11.8 Å². The molecule has 0 saturated carbocycles. The number of carbonyl (C=O) groups is 1. The number of benzene rings is 1. The van der Waals surface area contributed by atoms with Crippen LogP contribution in [0.2, 0.25) is 0 Å². The van der Waals surface area contributed by atoms with Crippen LogP contribution in [0.25, 0.3) is 11.7 Å². The topological polar surface area (TPSA) is 78.4 Å². The van der Waals surface area contributed by atoms with Gasteiger partial charge in [-0.15, -0.1) is 10.2 Å². The van der Waals surface area contributed by atoms with E-state index >= 15 is 0 Å². The van der Waals surface area contributed by atoms with Crippen molar-refractivity contribution in [3.05, 3.63) is 60.2 Å². The fraction of sp³-hybridized carbons (Fsp3) is 0.235. The predicted molar refractivity (Wildman–Crippen MR) is 81.3 cm³/mol. The zero-order valence-electron chi connectivity index (χ0n) is 12.6. The molecule has 6 heteroatoms. The molecule has 0 aliphatic heterocycles. The number of furan rings is 1.